The van der Waals surface area contributed by atoms with Crippen LogP contribution in [0.5, 0.6) is 0 Å². The van der Waals surface area contributed by atoms with Crippen molar-refractivity contribution in [3.05, 3.63) is 29.8 Å². The van der Waals surface area contributed by atoms with Crippen molar-refractivity contribution in [1.82, 2.24) is 10.2 Å². The Kier molecular flexibility index (Phi) is 6.69. The molecule has 0 aliphatic carbocycles. The number of amides is 3. The van der Waals surface area contributed by atoms with Crippen molar-refractivity contribution in [2.45, 2.75) is 25.2 Å². The zero-order valence-electron chi connectivity index (χ0n) is 14.2. The van der Waals surface area contributed by atoms with Crippen LogP contribution in [0.4, 0.5) is 19.3 Å². The Bertz CT molecular complexity index is 611. The van der Waals surface area contributed by atoms with Gasteiger partial charge in [-0.25, -0.2) is 13.6 Å². The van der Waals surface area contributed by atoms with Crippen LogP contribution in [0.3, 0.4) is 0 Å². The molecule has 138 valence electrons. The van der Waals surface area contributed by atoms with Gasteiger partial charge in [-0.1, -0.05) is 6.07 Å². The van der Waals surface area contributed by atoms with E-state index >= 15 is 0 Å². The zero-order valence-corrected chi connectivity index (χ0v) is 14.2. The number of hydrogen-bond donors (Lipinski definition) is 2. The van der Waals surface area contributed by atoms with Crippen LogP contribution in [-0.4, -0.2) is 56.1 Å². The third-order valence-corrected chi connectivity index (χ3v) is 3.97. The van der Waals surface area contributed by atoms with Crippen LogP contribution in [0.2, 0.25) is 0 Å². The number of methoxy groups -OCH3 is 1. The fourth-order valence-corrected chi connectivity index (χ4v) is 2.58. The molecule has 8 heteroatoms. The maximum Gasteiger partial charge on any atom is 0.321 e. The van der Waals surface area contributed by atoms with E-state index < -0.39 is 12.0 Å². The number of carbonyl (C=O) groups excluding carboxylic acids is 2. The first kappa shape index (κ1) is 19.1. The van der Waals surface area contributed by atoms with E-state index in [1.54, 1.807) is 31.4 Å². The number of likely N-dealkylation sites (tertiary alicyclic amines) is 1. The Hall–Kier alpha value is -2.22. The number of carbonyl (C=O) groups is 2. The molecular weight excluding hydrogens is 332 g/mol. The fourth-order valence-electron chi connectivity index (χ4n) is 2.58. The van der Waals surface area contributed by atoms with Crippen molar-refractivity contribution < 1.29 is 23.1 Å². The first-order chi connectivity index (χ1) is 11.9. The second kappa shape index (κ2) is 8.75. The third-order valence-electron chi connectivity index (χ3n) is 3.97. The summed E-state index contributed by atoms with van der Waals surface area (Å²) in [4.78, 5) is 25.7. The van der Waals surface area contributed by atoms with Gasteiger partial charge in [0, 0.05) is 50.8 Å². The Balaban J connectivity index is 1.94. The normalized spacial score (nSPS) is 16.8. The van der Waals surface area contributed by atoms with Crippen LogP contribution in [0.25, 0.3) is 0 Å². The Morgan fingerprint density at radius 3 is 2.84 bits per heavy atom. The first-order valence-corrected chi connectivity index (χ1v) is 8.22. The molecule has 0 radical (unpaired) electrons. The minimum Gasteiger partial charge on any atom is -0.383 e. The largest absolute Gasteiger partial charge is 0.383 e. The summed E-state index contributed by atoms with van der Waals surface area (Å²) in [6.45, 7) is 1.09. The average Bonchev–Trinajstić information content (AvgIpc) is 2.76. The molecule has 0 bridgehead atoms. The number of halogens is 2. The number of rotatable bonds is 5. The molecule has 1 saturated heterocycles. The number of benzene rings is 1. The Morgan fingerprint density at radius 2 is 2.08 bits per heavy atom. The highest BCUT2D eigenvalue weighted by molar-refractivity contribution is 5.96. The molecule has 3 amide bonds. The molecule has 2 rings (SSSR count). The molecule has 6 nitrogen and oxygen atoms in total. The predicted octanol–water partition coefficient (Wildman–Crippen LogP) is 2.72. The smallest absolute Gasteiger partial charge is 0.321 e. The van der Waals surface area contributed by atoms with Crippen molar-refractivity contribution in [2.75, 3.05) is 38.7 Å². The number of urea groups is 1. The van der Waals surface area contributed by atoms with Gasteiger partial charge in [-0.3, -0.25) is 4.79 Å². The van der Waals surface area contributed by atoms with Gasteiger partial charge in [0.05, 0.1) is 6.61 Å². The summed E-state index contributed by atoms with van der Waals surface area (Å²) in [5, 5.41) is 5.36. The lowest BCUT2D eigenvalue weighted by Gasteiger charge is -2.21. The highest BCUT2D eigenvalue weighted by atomic mass is 19.3. The molecule has 0 saturated carbocycles. The molecule has 1 heterocycles. The lowest BCUT2D eigenvalue weighted by atomic mass is 10.1. The van der Waals surface area contributed by atoms with Gasteiger partial charge < -0.3 is 20.3 Å². The molecule has 25 heavy (non-hydrogen) atoms. The average molecular weight is 355 g/mol. The van der Waals surface area contributed by atoms with Crippen LogP contribution in [0.1, 0.15) is 29.6 Å². The summed E-state index contributed by atoms with van der Waals surface area (Å²) in [7, 11) is 1.54. The lowest BCUT2D eigenvalue weighted by molar-refractivity contribution is -0.0121. The van der Waals surface area contributed by atoms with Gasteiger partial charge in [-0.2, -0.15) is 0 Å². The van der Waals surface area contributed by atoms with Gasteiger partial charge in [0.15, 0.2) is 0 Å². The van der Waals surface area contributed by atoms with E-state index in [4.69, 9.17) is 4.74 Å². The van der Waals surface area contributed by atoms with Gasteiger partial charge in [0.1, 0.15) is 0 Å². The minimum absolute atomic E-state index is 0.00995. The zero-order chi connectivity index (χ0) is 18.3. The maximum atomic E-state index is 13.4. The summed E-state index contributed by atoms with van der Waals surface area (Å²) in [5.41, 5.74) is 0.844. The fraction of sp³-hybridized carbons (Fsp3) is 0.529. The van der Waals surface area contributed by atoms with Crippen LogP contribution >= 0.6 is 0 Å². The standard InChI is InChI=1S/C17H23F2N3O3/c1-25-11-8-20-15(23)13-4-2-5-14(12-13)21-16(24)22-9-3-6-17(18,19)7-10-22/h2,4-5,12H,3,6-11H2,1H3,(H,20,23)(H,21,24). The van der Waals surface area contributed by atoms with Gasteiger partial charge in [0.2, 0.25) is 5.92 Å². The molecule has 1 aromatic rings. The minimum atomic E-state index is -2.71. The van der Waals surface area contributed by atoms with E-state index in [-0.39, 0.29) is 31.7 Å². The predicted molar refractivity (Wildman–Crippen MR) is 90.0 cm³/mol. The van der Waals surface area contributed by atoms with E-state index in [0.29, 0.717) is 30.9 Å². The maximum absolute atomic E-state index is 13.4. The molecule has 1 aliphatic heterocycles. The van der Waals surface area contributed by atoms with Crippen molar-refractivity contribution in [1.29, 1.82) is 0 Å². The summed E-state index contributed by atoms with van der Waals surface area (Å²) in [6, 6.07) is 6.04. The van der Waals surface area contributed by atoms with E-state index in [1.165, 1.54) is 4.90 Å². The number of hydrogen-bond acceptors (Lipinski definition) is 3. The monoisotopic (exact) mass is 355 g/mol. The number of ether oxygens (including phenoxy) is 1. The Labute approximate surface area is 145 Å². The molecule has 2 N–H and O–H groups in total. The first-order valence-electron chi connectivity index (χ1n) is 8.22. The number of nitrogens with one attached hydrogen (secondary N) is 2. The summed E-state index contributed by atoms with van der Waals surface area (Å²) in [5.74, 6) is -2.99. The van der Waals surface area contributed by atoms with Crippen molar-refractivity contribution in [3.63, 3.8) is 0 Å². The van der Waals surface area contributed by atoms with Gasteiger partial charge in [0.25, 0.3) is 5.91 Å². The molecular formula is C17H23F2N3O3. The van der Waals surface area contributed by atoms with Crippen LogP contribution in [-0.2, 0) is 4.74 Å². The van der Waals surface area contributed by atoms with E-state index in [1.807, 2.05) is 0 Å². The number of anilines is 1. The second-order valence-electron chi connectivity index (χ2n) is 5.96. The van der Waals surface area contributed by atoms with Crippen molar-refractivity contribution in [2.24, 2.45) is 0 Å². The van der Waals surface area contributed by atoms with Crippen molar-refractivity contribution in [3.8, 4) is 0 Å². The molecule has 0 aromatic heterocycles. The van der Waals surface area contributed by atoms with E-state index in [0.717, 1.165) is 0 Å². The SMILES string of the molecule is COCCNC(=O)c1cccc(NC(=O)N2CCCC(F)(F)CC2)c1. The van der Waals surface area contributed by atoms with Crippen molar-refractivity contribution >= 4 is 17.6 Å². The van der Waals surface area contributed by atoms with Gasteiger partial charge in [-0.05, 0) is 24.6 Å². The summed E-state index contributed by atoms with van der Waals surface area (Å²) >= 11 is 0. The van der Waals surface area contributed by atoms with Crippen LogP contribution in [0, 0.1) is 0 Å². The molecule has 1 fully saturated rings. The summed E-state index contributed by atoms with van der Waals surface area (Å²) in [6.07, 6.45) is -0.265. The quantitative estimate of drug-likeness (QED) is 0.798. The number of nitrogens with zero attached hydrogens (tertiary/aromatic N) is 1. The number of alkyl halides is 2. The van der Waals surface area contributed by atoms with Crippen LogP contribution in [0.15, 0.2) is 24.3 Å². The highest BCUT2D eigenvalue weighted by Crippen LogP contribution is 2.28. The van der Waals surface area contributed by atoms with E-state index in [9.17, 15) is 18.4 Å². The van der Waals surface area contributed by atoms with E-state index in [2.05, 4.69) is 10.6 Å². The highest BCUT2D eigenvalue weighted by Gasteiger charge is 2.33. The molecule has 1 aromatic carbocycles. The van der Waals surface area contributed by atoms with Crippen LogP contribution < -0.4 is 10.6 Å². The second-order valence-corrected chi connectivity index (χ2v) is 5.96. The van der Waals surface area contributed by atoms with Gasteiger partial charge in [-0.15, -0.1) is 0 Å². The lowest BCUT2D eigenvalue weighted by Crippen LogP contribution is -2.36. The Morgan fingerprint density at radius 1 is 1.28 bits per heavy atom. The molecule has 1 aliphatic rings. The molecule has 0 atom stereocenters. The third kappa shape index (κ3) is 5.97. The topological polar surface area (TPSA) is 70.7 Å². The molecule has 0 spiro atoms. The van der Waals surface area contributed by atoms with Gasteiger partial charge >= 0.3 is 6.03 Å². The molecule has 0 unspecified atom stereocenters. The summed E-state index contributed by atoms with van der Waals surface area (Å²) < 4.78 is 31.6.